The number of aromatic nitrogens is 1. The Morgan fingerprint density at radius 2 is 2.47 bits per heavy atom. The van der Waals surface area contributed by atoms with E-state index in [0.717, 1.165) is 24.4 Å². The van der Waals surface area contributed by atoms with Gasteiger partial charge in [0.05, 0.1) is 12.2 Å². The molecule has 1 rings (SSSR count). The second-order valence-electron chi connectivity index (χ2n) is 3.96. The van der Waals surface area contributed by atoms with Crippen LogP contribution in [0.25, 0.3) is 0 Å². The van der Waals surface area contributed by atoms with Crippen LogP contribution in [-0.2, 0) is 6.42 Å². The molecule has 0 fully saturated rings. The highest BCUT2D eigenvalue weighted by atomic mass is 32.2. The van der Waals surface area contributed by atoms with Gasteiger partial charge >= 0.3 is 0 Å². The Kier molecular flexibility index (Phi) is 7.97. The smallest absolute Gasteiger partial charge is 0.214 e. The number of hydrogen-bond acceptors (Lipinski definition) is 6. The van der Waals surface area contributed by atoms with Crippen LogP contribution in [0.15, 0.2) is 16.4 Å². The second kappa shape index (κ2) is 9.61. The van der Waals surface area contributed by atoms with Gasteiger partial charge in [-0.2, -0.15) is 9.64 Å². The normalized spacial score (nSPS) is 11.4. The zero-order valence-corrected chi connectivity index (χ0v) is 12.7. The molecule has 0 spiro atoms. The summed E-state index contributed by atoms with van der Waals surface area (Å²) in [4.78, 5) is 6.33. The monoisotopic (exact) mass is 298 g/mol. The molecule has 0 bridgehead atoms. The summed E-state index contributed by atoms with van der Waals surface area (Å²) in [6.07, 6.45) is 2.78. The number of aryl methyl sites for hydroxylation is 1. The third-order valence-electron chi connectivity index (χ3n) is 2.11. The largest absolute Gasteiger partial charge is 0.308 e. The molecule has 0 aromatic carbocycles. The molecule has 0 saturated carbocycles. The van der Waals surface area contributed by atoms with E-state index in [2.05, 4.69) is 19.4 Å². The highest BCUT2D eigenvalue weighted by Crippen LogP contribution is 2.04. The minimum atomic E-state index is 0.507. The lowest BCUT2D eigenvalue weighted by Crippen LogP contribution is -2.31. The number of nitrogens with one attached hydrogen (secondary N) is 2. The van der Waals surface area contributed by atoms with Gasteiger partial charge in [0.25, 0.3) is 0 Å². The zero-order chi connectivity index (χ0) is 13.9. The molecule has 1 aromatic rings. The summed E-state index contributed by atoms with van der Waals surface area (Å²) in [7, 11) is 3.98. The Labute approximate surface area is 122 Å². The van der Waals surface area contributed by atoms with Crippen LogP contribution in [0.1, 0.15) is 5.69 Å². The van der Waals surface area contributed by atoms with Crippen molar-refractivity contribution in [1.82, 2.24) is 19.3 Å². The maximum absolute atomic E-state index is 8.64. The van der Waals surface area contributed by atoms with Crippen LogP contribution in [0, 0.1) is 11.5 Å². The average Bonchev–Trinajstić information content (AvgIpc) is 2.87. The molecule has 8 heteroatoms. The summed E-state index contributed by atoms with van der Waals surface area (Å²) in [6.45, 7) is 1.50. The molecule has 0 radical (unpaired) electrons. The average molecular weight is 298 g/mol. The molecule has 19 heavy (non-hydrogen) atoms. The number of hydrogen-bond donors (Lipinski definition) is 2. The lowest BCUT2D eigenvalue weighted by molar-refractivity contribution is 0.420. The van der Waals surface area contributed by atoms with E-state index in [4.69, 9.17) is 5.26 Å². The minimum Gasteiger partial charge on any atom is -0.308 e. The second-order valence-corrected chi connectivity index (χ2v) is 5.53. The first-order valence-corrected chi connectivity index (χ1v) is 7.66. The molecule has 1 aromatic heterocycles. The van der Waals surface area contributed by atoms with Crippen LogP contribution < -0.4 is 10.0 Å². The van der Waals surface area contributed by atoms with Crippen molar-refractivity contribution in [2.45, 2.75) is 6.42 Å². The molecular formula is C11H18N6S2. The van der Waals surface area contributed by atoms with Crippen molar-refractivity contribution in [2.75, 3.05) is 32.9 Å². The van der Waals surface area contributed by atoms with Crippen molar-refractivity contribution in [3.05, 3.63) is 17.1 Å². The van der Waals surface area contributed by atoms with Gasteiger partial charge in [0.15, 0.2) is 6.19 Å². The van der Waals surface area contributed by atoms with Crippen molar-refractivity contribution in [3.63, 3.8) is 0 Å². The molecule has 1 heterocycles. The predicted molar refractivity (Wildman–Crippen MR) is 81.0 cm³/mol. The summed E-state index contributed by atoms with van der Waals surface area (Å²) < 4.78 is 7.28. The molecule has 6 nitrogen and oxygen atoms in total. The maximum Gasteiger partial charge on any atom is 0.214 e. The van der Waals surface area contributed by atoms with Crippen LogP contribution in [-0.4, -0.2) is 48.2 Å². The molecular weight excluding hydrogens is 280 g/mol. The quantitative estimate of drug-likeness (QED) is 0.195. The SMILES string of the molecule is CN(C)CCN=C(NC#N)NSCCc1ccsn1. The summed E-state index contributed by atoms with van der Waals surface area (Å²) >= 11 is 2.98. The number of rotatable bonds is 7. The topological polar surface area (TPSA) is 76.3 Å². The fourth-order valence-electron chi connectivity index (χ4n) is 1.15. The van der Waals surface area contributed by atoms with Gasteiger partial charge in [-0.25, -0.2) is 0 Å². The maximum atomic E-state index is 8.64. The molecule has 0 aliphatic heterocycles. The highest BCUT2D eigenvalue weighted by molar-refractivity contribution is 7.97. The van der Waals surface area contributed by atoms with Crippen molar-refractivity contribution in [1.29, 1.82) is 5.26 Å². The van der Waals surface area contributed by atoms with Gasteiger partial charge in [0.2, 0.25) is 5.96 Å². The fourth-order valence-corrected chi connectivity index (χ4v) is 2.39. The van der Waals surface area contributed by atoms with Crippen LogP contribution >= 0.6 is 23.5 Å². The van der Waals surface area contributed by atoms with Crippen LogP contribution in [0.3, 0.4) is 0 Å². The van der Waals surface area contributed by atoms with E-state index >= 15 is 0 Å². The molecule has 0 saturated heterocycles. The Bertz CT molecular complexity index is 409. The Hall–Kier alpha value is -1.30. The van der Waals surface area contributed by atoms with Crippen LogP contribution in [0.4, 0.5) is 0 Å². The number of nitrogens with zero attached hydrogens (tertiary/aromatic N) is 4. The van der Waals surface area contributed by atoms with E-state index in [1.807, 2.05) is 36.6 Å². The van der Waals surface area contributed by atoms with Gasteiger partial charge in [-0.05, 0) is 43.6 Å². The first-order valence-electron chi connectivity index (χ1n) is 5.83. The fraction of sp³-hybridized carbons (Fsp3) is 0.545. The third-order valence-corrected chi connectivity index (χ3v) is 3.46. The molecule has 2 N–H and O–H groups in total. The van der Waals surface area contributed by atoms with Crippen molar-refractivity contribution >= 4 is 29.4 Å². The minimum absolute atomic E-state index is 0.507. The Morgan fingerprint density at radius 1 is 1.63 bits per heavy atom. The summed E-state index contributed by atoms with van der Waals surface area (Å²) in [5.41, 5.74) is 1.10. The van der Waals surface area contributed by atoms with E-state index in [0.29, 0.717) is 12.5 Å². The highest BCUT2D eigenvalue weighted by Gasteiger charge is 1.99. The van der Waals surface area contributed by atoms with Gasteiger partial charge in [0, 0.05) is 24.1 Å². The summed E-state index contributed by atoms with van der Waals surface area (Å²) in [6, 6.07) is 2.02. The van der Waals surface area contributed by atoms with Crippen molar-refractivity contribution < 1.29 is 0 Å². The first kappa shape index (κ1) is 15.8. The van der Waals surface area contributed by atoms with Gasteiger partial charge in [-0.1, -0.05) is 0 Å². The van der Waals surface area contributed by atoms with E-state index < -0.39 is 0 Å². The number of aliphatic imine (C=N–C) groups is 1. The zero-order valence-electron chi connectivity index (χ0n) is 11.1. The van der Waals surface area contributed by atoms with Gasteiger partial charge < -0.3 is 4.90 Å². The number of likely N-dealkylation sites (N-methyl/N-ethyl adjacent to an activating group) is 1. The van der Waals surface area contributed by atoms with Gasteiger partial charge in [-0.15, -0.1) is 0 Å². The van der Waals surface area contributed by atoms with E-state index in [-0.39, 0.29) is 0 Å². The van der Waals surface area contributed by atoms with Crippen LogP contribution in [0.5, 0.6) is 0 Å². The Morgan fingerprint density at radius 3 is 3.11 bits per heavy atom. The molecule has 0 aliphatic rings. The first-order chi connectivity index (χ1) is 9.22. The van der Waals surface area contributed by atoms with Gasteiger partial charge in [0.1, 0.15) is 0 Å². The third kappa shape index (κ3) is 7.66. The summed E-state index contributed by atoms with van der Waals surface area (Å²) in [5.74, 6) is 1.39. The lowest BCUT2D eigenvalue weighted by atomic mass is 10.3. The number of guanidine groups is 1. The number of nitriles is 1. The van der Waals surface area contributed by atoms with Crippen molar-refractivity contribution in [2.24, 2.45) is 4.99 Å². The molecule has 0 unspecified atom stereocenters. The molecule has 0 aliphatic carbocycles. The molecule has 0 atom stereocenters. The molecule has 0 amide bonds. The predicted octanol–water partition coefficient (Wildman–Crippen LogP) is 0.912. The molecule has 104 valence electrons. The van der Waals surface area contributed by atoms with Crippen molar-refractivity contribution in [3.8, 4) is 6.19 Å². The Balaban J connectivity index is 2.23. The standard InChI is InChI=1S/C11H18N6S2/c1-17(2)6-5-13-11(14-9-12)16-19-8-4-10-3-7-18-15-10/h3,7H,4-6,8H2,1-2H3,(H2,13,14,16). The van der Waals surface area contributed by atoms with E-state index in [9.17, 15) is 0 Å². The summed E-state index contributed by atoms with van der Waals surface area (Å²) in [5, 5.41) is 13.2. The van der Waals surface area contributed by atoms with Crippen LogP contribution in [0.2, 0.25) is 0 Å². The van der Waals surface area contributed by atoms with E-state index in [1.165, 1.54) is 23.5 Å². The van der Waals surface area contributed by atoms with E-state index in [1.54, 1.807) is 0 Å². The van der Waals surface area contributed by atoms with Gasteiger partial charge in [-0.3, -0.25) is 15.0 Å². The lowest BCUT2D eigenvalue weighted by Gasteiger charge is -2.09.